The van der Waals surface area contributed by atoms with Gasteiger partial charge in [0.2, 0.25) is 0 Å². The molecule has 0 spiro atoms. The maximum Gasteiger partial charge on any atom is 0.263 e. The van der Waals surface area contributed by atoms with Crippen molar-refractivity contribution in [2.75, 3.05) is 25.4 Å². The average Bonchev–Trinajstić information content (AvgIpc) is 2.99. The summed E-state index contributed by atoms with van der Waals surface area (Å²) in [5, 5.41) is 3.39. The first kappa shape index (κ1) is 21.4. The van der Waals surface area contributed by atoms with Crippen LogP contribution in [0.2, 0.25) is 0 Å². The van der Waals surface area contributed by atoms with Crippen LogP contribution in [0.4, 0.5) is 14.5 Å². The number of aldehydes is 1. The molecule has 8 heteroatoms. The van der Waals surface area contributed by atoms with Crippen molar-refractivity contribution in [3.05, 3.63) is 52.0 Å². The number of carbonyl (C=O) groups excluding carboxylic acids is 1. The zero-order valence-corrected chi connectivity index (χ0v) is 17.4. The lowest BCUT2D eigenvalue weighted by Crippen LogP contribution is -2.01. The Hall–Kier alpha value is -1.90. The quantitative estimate of drug-likeness (QED) is 0.388. The summed E-state index contributed by atoms with van der Waals surface area (Å²) in [5.74, 6) is 0.353. The SMILES string of the molecule is CN(S)c1cc2oc(-c3ccc(C(F)F)cc3)c(C=O)c2cc1Br.CNC. The van der Waals surface area contributed by atoms with Crippen LogP contribution in [-0.4, -0.2) is 27.4 Å². The van der Waals surface area contributed by atoms with Gasteiger partial charge in [0.1, 0.15) is 11.3 Å². The number of carbonyl (C=O) groups is 1. The number of alkyl halides is 2. The topological polar surface area (TPSA) is 45.5 Å². The van der Waals surface area contributed by atoms with Crippen LogP contribution in [-0.2, 0) is 0 Å². The molecule has 3 rings (SSSR count). The molecule has 1 N–H and O–H groups in total. The van der Waals surface area contributed by atoms with E-state index in [4.69, 9.17) is 4.42 Å². The third kappa shape index (κ3) is 4.69. The summed E-state index contributed by atoms with van der Waals surface area (Å²) in [6.07, 6.45) is -1.83. The van der Waals surface area contributed by atoms with E-state index in [1.54, 1.807) is 23.5 Å². The van der Waals surface area contributed by atoms with Crippen LogP contribution in [0.1, 0.15) is 22.3 Å². The first-order valence-electron chi connectivity index (χ1n) is 7.94. The van der Waals surface area contributed by atoms with E-state index in [0.717, 1.165) is 10.2 Å². The Morgan fingerprint density at radius 1 is 1.22 bits per heavy atom. The Morgan fingerprint density at radius 3 is 2.30 bits per heavy atom. The maximum atomic E-state index is 12.7. The van der Waals surface area contributed by atoms with E-state index < -0.39 is 6.43 Å². The summed E-state index contributed by atoms with van der Waals surface area (Å²) < 4.78 is 33.6. The molecule has 1 aromatic heterocycles. The van der Waals surface area contributed by atoms with Gasteiger partial charge in [0.05, 0.1) is 11.3 Å². The van der Waals surface area contributed by atoms with Crippen molar-refractivity contribution in [3.8, 4) is 11.3 Å². The molecule has 3 aromatic rings. The molecule has 0 bridgehead atoms. The number of halogens is 3. The summed E-state index contributed by atoms with van der Waals surface area (Å²) in [4.78, 5) is 11.6. The van der Waals surface area contributed by atoms with Crippen LogP contribution in [0.25, 0.3) is 22.3 Å². The van der Waals surface area contributed by atoms with Crippen LogP contribution >= 0.6 is 28.7 Å². The van der Waals surface area contributed by atoms with E-state index >= 15 is 0 Å². The molecular formula is C19H19BrF2N2O2S. The lowest BCUT2D eigenvalue weighted by Gasteiger charge is -2.12. The minimum atomic E-state index is -2.54. The van der Waals surface area contributed by atoms with Gasteiger partial charge in [-0.05, 0) is 36.1 Å². The monoisotopic (exact) mass is 456 g/mol. The highest BCUT2D eigenvalue weighted by Gasteiger charge is 2.18. The maximum absolute atomic E-state index is 12.7. The highest BCUT2D eigenvalue weighted by atomic mass is 79.9. The van der Waals surface area contributed by atoms with Gasteiger partial charge in [0.25, 0.3) is 6.43 Å². The fraction of sp³-hybridized carbons (Fsp3) is 0.211. The molecule has 0 radical (unpaired) electrons. The van der Waals surface area contributed by atoms with Gasteiger partial charge in [-0.15, -0.1) is 0 Å². The van der Waals surface area contributed by atoms with Crippen molar-refractivity contribution < 1.29 is 18.0 Å². The van der Waals surface area contributed by atoms with E-state index in [0.29, 0.717) is 34.1 Å². The van der Waals surface area contributed by atoms with Crippen LogP contribution in [0.3, 0.4) is 0 Å². The predicted octanol–water partition coefficient (Wildman–Crippen LogP) is 5.73. The number of nitrogens with one attached hydrogen (secondary N) is 1. The first-order chi connectivity index (χ1) is 12.8. The molecule has 2 aromatic carbocycles. The average molecular weight is 457 g/mol. The van der Waals surface area contributed by atoms with Crippen molar-refractivity contribution in [1.82, 2.24) is 5.32 Å². The van der Waals surface area contributed by atoms with Crippen molar-refractivity contribution in [2.45, 2.75) is 6.43 Å². The molecule has 0 amide bonds. The molecule has 1 heterocycles. The van der Waals surface area contributed by atoms with Crippen molar-refractivity contribution >= 4 is 51.7 Å². The lowest BCUT2D eigenvalue weighted by atomic mass is 10.0. The van der Waals surface area contributed by atoms with E-state index in [2.05, 4.69) is 34.1 Å². The number of hydrogen-bond donors (Lipinski definition) is 2. The standard InChI is InChI=1S/C17H12BrF2NO2S.C2H7N/c1-21(24)14-7-15-11(6-13(14)18)12(8-22)16(23-15)9-2-4-10(5-3-9)17(19)20;1-3-2/h2-8,17,24H,1H3;3H,1-2H3. The largest absolute Gasteiger partial charge is 0.455 e. The van der Waals surface area contributed by atoms with Crippen molar-refractivity contribution in [1.29, 1.82) is 0 Å². The van der Waals surface area contributed by atoms with Crippen LogP contribution in [0, 0.1) is 0 Å². The second-order valence-corrected chi connectivity index (χ2v) is 7.16. The van der Waals surface area contributed by atoms with Crippen molar-refractivity contribution in [2.24, 2.45) is 0 Å². The highest BCUT2D eigenvalue weighted by Crippen LogP contribution is 2.38. The van der Waals surface area contributed by atoms with E-state index in [9.17, 15) is 13.6 Å². The number of furan rings is 1. The number of fused-ring (bicyclic) bond motifs is 1. The minimum absolute atomic E-state index is 0.0794. The zero-order valence-electron chi connectivity index (χ0n) is 15.0. The molecule has 0 fully saturated rings. The second-order valence-electron chi connectivity index (χ2n) is 5.71. The Labute approximate surface area is 170 Å². The van der Waals surface area contributed by atoms with Gasteiger partial charge in [-0.25, -0.2) is 8.78 Å². The number of thiol groups is 1. The van der Waals surface area contributed by atoms with Gasteiger partial charge in [0.15, 0.2) is 6.29 Å². The lowest BCUT2D eigenvalue weighted by molar-refractivity contribution is 0.112. The predicted molar refractivity (Wildman–Crippen MR) is 112 cm³/mol. The Morgan fingerprint density at radius 2 is 1.81 bits per heavy atom. The Kier molecular flexibility index (Phi) is 7.41. The van der Waals surface area contributed by atoms with Gasteiger partial charge in [-0.3, -0.25) is 4.79 Å². The molecule has 0 unspecified atom stereocenters. The van der Waals surface area contributed by atoms with Crippen LogP contribution in [0.15, 0.2) is 45.3 Å². The minimum Gasteiger partial charge on any atom is -0.455 e. The molecule has 27 heavy (non-hydrogen) atoms. The molecule has 0 aliphatic heterocycles. The summed E-state index contributed by atoms with van der Waals surface area (Å²) in [6, 6.07) is 9.23. The number of anilines is 1. The Bertz CT molecular complexity index is 928. The third-order valence-electron chi connectivity index (χ3n) is 3.69. The number of rotatable bonds is 4. The van der Waals surface area contributed by atoms with Gasteiger partial charge >= 0.3 is 0 Å². The van der Waals surface area contributed by atoms with Gasteiger partial charge in [-0.2, -0.15) is 0 Å². The zero-order chi connectivity index (χ0) is 20.1. The molecule has 144 valence electrons. The molecule has 0 aliphatic rings. The number of benzene rings is 2. The smallest absolute Gasteiger partial charge is 0.263 e. The molecule has 0 saturated carbocycles. The van der Waals surface area contributed by atoms with E-state index in [1.165, 1.54) is 24.3 Å². The summed E-state index contributed by atoms with van der Waals surface area (Å²) in [7, 11) is 5.52. The van der Waals surface area contributed by atoms with Gasteiger partial charge < -0.3 is 14.0 Å². The molecular weight excluding hydrogens is 438 g/mol. The summed E-state index contributed by atoms with van der Waals surface area (Å²) in [5.41, 5.74) is 2.16. The highest BCUT2D eigenvalue weighted by molar-refractivity contribution is 9.10. The summed E-state index contributed by atoms with van der Waals surface area (Å²) >= 11 is 7.70. The fourth-order valence-electron chi connectivity index (χ4n) is 2.48. The Balaban J connectivity index is 0.000000817. The van der Waals surface area contributed by atoms with Gasteiger partial charge in [-0.1, -0.05) is 37.1 Å². The van der Waals surface area contributed by atoms with Gasteiger partial charge in [0, 0.05) is 34.1 Å². The first-order valence-corrected chi connectivity index (χ1v) is 9.14. The number of nitrogens with zero attached hydrogens (tertiary/aromatic N) is 1. The van der Waals surface area contributed by atoms with Crippen LogP contribution in [0.5, 0.6) is 0 Å². The van der Waals surface area contributed by atoms with E-state index in [1.807, 2.05) is 14.1 Å². The van der Waals surface area contributed by atoms with E-state index in [-0.39, 0.29) is 5.56 Å². The summed E-state index contributed by atoms with van der Waals surface area (Å²) in [6.45, 7) is 0. The number of hydrogen-bond acceptors (Lipinski definition) is 5. The second kappa shape index (κ2) is 9.34. The molecule has 4 nitrogen and oxygen atoms in total. The normalized spacial score (nSPS) is 10.7. The van der Waals surface area contributed by atoms with Crippen LogP contribution < -0.4 is 9.62 Å². The fourth-order valence-corrected chi connectivity index (χ4v) is 3.40. The van der Waals surface area contributed by atoms with Crippen molar-refractivity contribution in [3.63, 3.8) is 0 Å². The molecule has 0 atom stereocenters. The molecule has 0 saturated heterocycles. The molecule has 0 aliphatic carbocycles. The third-order valence-corrected chi connectivity index (χ3v) is 4.54.